The molecule has 5 heteroatoms. The topological polar surface area (TPSA) is 35.5 Å². The molecule has 0 heterocycles. The summed E-state index contributed by atoms with van der Waals surface area (Å²) >= 11 is 0. The largest absolute Gasteiger partial charge is 0.395 e. The van der Waals surface area contributed by atoms with Crippen LogP contribution in [0.5, 0.6) is 0 Å². The molecule has 0 aliphatic heterocycles. The number of nitrogens with zero attached hydrogens (tertiary/aromatic N) is 1. The molecule has 0 aliphatic rings. The second-order valence-electron chi connectivity index (χ2n) is 4.54. The predicted molar refractivity (Wildman–Crippen MR) is 57.2 cm³/mol. The maximum absolute atomic E-state index is 12.2. The molecule has 92 valence electrons. The summed E-state index contributed by atoms with van der Waals surface area (Å²) < 4.78 is 24.5. The lowest BCUT2D eigenvalue weighted by molar-refractivity contribution is 0.0583. The van der Waals surface area contributed by atoms with E-state index >= 15 is 0 Å². The second-order valence-corrected chi connectivity index (χ2v) is 4.54. The molecule has 0 rings (SSSR count). The highest BCUT2D eigenvalue weighted by atomic mass is 19.3. The Morgan fingerprint density at radius 2 is 2.00 bits per heavy atom. The van der Waals surface area contributed by atoms with Crippen molar-refractivity contribution in [3.05, 3.63) is 0 Å². The first-order valence-corrected chi connectivity index (χ1v) is 5.17. The van der Waals surface area contributed by atoms with Crippen molar-refractivity contribution in [1.82, 2.24) is 10.2 Å². The number of aliphatic hydroxyl groups excluding tert-OH is 1. The summed E-state index contributed by atoms with van der Waals surface area (Å²) in [6.07, 6.45) is -2.35. The normalized spacial score (nSPS) is 12.8. The molecular weight excluding hydrogens is 202 g/mol. The molecule has 0 atom stereocenters. The van der Waals surface area contributed by atoms with Gasteiger partial charge >= 0.3 is 0 Å². The molecule has 2 N–H and O–H groups in total. The summed E-state index contributed by atoms with van der Waals surface area (Å²) in [6, 6.07) is 0. The smallest absolute Gasteiger partial charge is 0.251 e. The highest BCUT2D eigenvalue weighted by molar-refractivity contribution is 4.76. The van der Waals surface area contributed by atoms with Crippen LogP contribution < -0.4 is 5.32 Å². The fourth-order valence-electron chi connectivity index (χ4n) is 1.71. The van der Waals surface area contributed by atoms with Crippen molar-refractivity contribution < 1.29 is 13.9 Å². The van der Waals surface area contributed by atoms with Gasteiger partial charge in [-0.2, -0.15) is 0 Å². The van der Waals surface area contributed by atoms with Crippen LogP contribution in [0.2, 0.25) is 0 Å². The third kappa shape index (κ3) is 7.64. The minimum atomic E-state index is -2.35. The molecule has 0 spiro atoms. The number of nitrogens with one attached hydrogen (secondary N) is 1. The minimum Gasteiger partial charge on any atom is -0.395 e. The van der Waals surface area contributed by atoms with Crippen LogP contribution >= 0.6 is 0 Å². The van der Waals surface area contributed by atoms with Gasteiger partial charge in [-0.05, 0) is 12.5 Å². The van der Waals surface area contributed by atoms with Gasteiger partial charge in [-0.1, -0.05) is 13.8 Å². The predicted octanol–water partition coefficient (Wildman–Crippen LogP) is 0.791. The molecule has 0 aromatic carbocycles. The number of alkyl halides is 2. The van der Waals surface area contributed by atoms with Crippen molar-refractivity contribution >= 4 is 0 Å². The van der Waals surface area contributed by atoms with Crippen LogP contribution in [0.25, 0.3) is 0 Å². The molecular formula is C10H22F2N2O. The van der Waals surface area contributed by atoms with E-state index in [-0.39, 0.29) is 18.6 Å². The Hall–Kier alpha value is -0.260. The van der Waals surface area contributed by atoms with E-state index in [0.717, 1.165) is 6.54 Å². The van der Waals surface area contributed by atoms with Crippen LogP contribution in [0.1, 0.15) is 13.8 Å². The van der Waals surface area contributed by atoms with Gasteiger partial charge in [-0.25, -0.2) is 8.78 Å². The quantitative estimate of drug-likeness (QED) is 0.640. The fraction of sp³-hybridized carbons (Fsp3) is 1.00. The number of hydrogen-bond acceptors (Lipinski definition) is 3. The Labute approximate surface area is 90.5 Å². The second kappa shape index (κ2) is 7.09. The third-order valence-corrected chi connectivity index (χ3v) is 2.12. The number of hydrogen-bond donors (Lipinski definition) is 2. The molecule has 0 saturated carbocycles. The molecule has 0 aromatic rings. The van der Waals surface area contributed by atoms with Gasteiger partial charge in [-0.15, -0.1) is 0 Å². The molecule has 0 amide bonds. The number of aliphatic hydroxyl groups is 1. The zero-order valence-corrected chi connectivity index (χ0v) is 9.76. The standard InChI is InChI=1S/C10H22F2N2O/c1-10(2,7-13-3)8-14(4-5-15)6-9(11)12/h9,13,15H,4-8H2,1-3H3. The zero-order valence-electron chi connectivity index (χ0n) is 9.76. The van der Waals surface area contributed by atoms with E-state index in [1.54, 1.807) is 4.90 Å². The Morgan fingerprint density at radius 3 is 2.40 bits per heavy atom. The molecule has 0 bridgehead atoms. The summed E-state index contributed by atoms with van der Waals surface area (Å²) in [5.74, 6) is 0. The first-order chi connectivity index (χ1) is 6.91. The van der Waals surface area contributed by atoms with Gasteiger partial charge in [0.25, 0.3) is 6.43 Å². The first kappa shape index (κ1) is 14.7. The molecule has 0 unspecified atom stereocenters. The van der Waals surface area contributed by atoms with E-state index in [1.807, 2.05) is 20.9 Å². The maximum Gasteiger partial charge on any atom is 0.251 e. The van der Waals surface area contributed by atoms with Gasteiger partial charge in [0.15, 0.2) is 0 Å². The van der Waals surface area contributed by atoms with Crippen molar-refractivity contribution in [2.45, 2.75) is 20.3 Å². The van der Waals surface area contributed by atoms with Crippen LogP contribution in [0.4, 0.5) is 8.78 Å². The molecule has 0 saturated heterocycles. The Bertz CT molecular complexity index is 166. The van der Waals surface area contributed by atoms with Crippen LogP contribution in [0.15, 0.2) is 0 Å². The van der Waals surface area contributed by atoms with Crippen LogP contribution in [0.3, 0.4) is 0 Å². The molecule has 0 radical (unpaired) electrons. The first-order valence-electron chi connectivity index (χ1n) is 5.17. The van der Waals surface area contributed by atoms with E-state index in [2.05, 4.69) is 5.32 Å². The minimum absolute atomic E-state index is 0.0706. The van der Waals surface area contributed by atoms with Gasteiger partial charge in [0, 0.05) is 19.6 Å². The highest BCUT2D eigenvalue weighted by Crippen LogP contribution is 2.16. The number of rotatable bonds is 8. The summed E-state index contributed by atoms with van der Waals surface area (Å²) in [4.78, 5) is 1.60. The Kier molecular flexibility index (Phi) is 6.96. The maximum atomic E-state index is 12.2. The van der Waals surface area contributed by atoms with Crippen molar-refractivity contribution in [1.29, 1.82) is 0 Å². The van der Waals surface area contributed by atoms with Gasteiger partial charge in [0.2, 0.25) is 0 Å². The number of halogens is 2. The summed E-state index contributed by atoms with van der Waals surface area (Å²) in [7, 11) is 1.84. The average Bonchev–Trinajstić information content (AvgIpc) is 2.01. The average molecular weight is 224 g/mol. The van der Waals surface area contributed by atoms with Gasteiger partial charge in [0.05, 0.1) is 13.2 Å². The highest BCUT2D eigenvalue weighted by Gasteiger charge is 2.22. The summed E-state index contributed by atoms with van der Waals surface area (Å²) in [5.41, 5.74) is -0.0706. The molecule has 0 aromatic heterocycles. The Balaban J connectivity index is 4.13. The molecule has 0 aliphatic carbocycles. The molecule has 3 nitrogen and oxygen atoms in total. The SMILES string of the molecule is CNCC(C)(C)CN(CCO)CC(F)F. The van der Waals surface area contributed by atoms with Crippen LogP contribution in [-0.2, 0) is 0 Å². The van der Waals surface area contributed by atoms with Crippen molar-refractivity contribution in [2.24, 2.45) is 5.41 Å². The van der Waals surface area contributed by atoms with E-state index in [4.69, 9.17) is 5.11 Å². The van der Waals surface area contributed by atoms with Gasteiger partial charge in [-0.3, -0.25) is 4.90 Å². The summed E-state index contributed by atoms with van der Waals surface area (Å²) in [6.45, 7) is 5.29. The lowest BCUT2D eigenvalue weighted by Crippen LogP contribution is -2.42. The van der Waals surface area contributed by atoms with Crippen LogP contribution in [0, 0.1) is 5.41 Å². The van der Waals surface area contributed by atoms with E-state index in [9.17, 15) is 8.78 Å². The van der Waals surface area contributed by atoms with E-state index < -0.39 is 6.43 Å². The van der Waals surface area contributed by atoms with Crippen LogP contribution in [-0.4, -0.2) is 56.3 Å². The zero-order chi connectivity index (χ0) is 11.9. The van der Waals surface area contributed by atoms with Gasteiger partial charge < -0.3 is 10.4 Å². The summed E-state index contributed by atoms with van der Waals surface area (Å²) in [5, 5.41) is 11.8. The van der Waals surface area contributed by atoms with E-state index in [0.29, 0.717) is 13.1 Å². The molecule has 0 fully saturated rings. The van der Waals surface area contributed by atoms with Crippen molar-refractivity contribution in [2.75, 3.05) is 39.8 Å². The van der Waals surface area contributed by atoms with E-state index in [1.165, 1.54) is 0 Å². The molecule has 15 heavy (non-hydrogen) atoms. The lowest BCUT2D eigenvalue weighted by Gasteiger charge is -2.32. The van der Waals surface area contributed by atoms with Crippen molar-refractivity contribution in [3.8, 4) is 0 Å². The Morgan fingerprint density at radius 1 is 1.40 bits per heavy atom. The van der Waals surface area contributed by atoms with Crippen molar-refractivity contribution in [3.63, 3.8) is 0 Å². The van der Waals surface area contributed by atoms with Gasteiger partial charge in [0.1, 0.15) is 0 Å². The monoisotopic (exact) mass is 224 g/mol. The fourth-order valence-corrected chi connectivity index (χ4v) is 1.71. The lowest BCUT2D eigenvalue weighted by atomic mass is 9.92. The third-order valence-electron chi connectivity index (χ3n) is 2.12.